The lowest BCUT2D eigenvalue weighted by molar-refractivity contribution is -0.140. The maximum atomic E-state index is 12.7. The molecule has 0 aliphatic rings. The fourth-order valence-corrected chi connectivity index (χ4v) is 5.37. The highest BCUT2D eigenvalue weighted by Crippen LogP contribution is 2.34. The molecule has 0 aliphatic heterocycles. The number of sulfonamides is 1. The number of furan rings is 1. The van der Waals surface area contributed by atoms with Gasteiger partial charge in [0, 0.05) is 33.5 Å². The normalized spacial score (nSPS) is 13.3. The van der Waals surface area contributed by atoms with E-state index in [-0.39, 0.29) is 4.90 Å². The highest BCUT2D eigenvalue weighted by Gasteiger charge is 2.28. The molecule has 2 heterocycles. The third-order valence-corrected chi connectivity index (χ3v) is 7.24. The van der Waals surface area contributed by atoms with Crippen molar-refractivity contribution < 1.29 is 22.7 Å². The van der Waals surface area contributed by atoms with Gasteiger partial charge in [-0.15, -0.1) is 11.3 Å². The van der Waals surface area contributed by atoms with E-state index in [1.807, 2.05) is 31.3 Å². The van der Waals surface area contributed by atoms with Gasteiger partial charge in [-0.2, -0.15) is 4.72 Å². The number of carboxylic acids is 1. The predicted molar refractivity (Wildman–Crippen MR) is 116 cm³/mol. The number of rotatable bonds is 6. The molecule has 0 saturated heterocycles. The zero-order chi connectivity index (χ0) is 21.6. The Bertz CT molecular complexity index is 1370. The average molecular weight is 445 g/mol. The lowest BCUT2D eigenvalue weighted by Gasteiger charge is -2.17. The summed E-state index contributed by atoms with van der Waals surface area (Å²) in [5.74, 6) is -1.62. The first-order valence-corrected chi connectivity index (χ1v) is 11.6. The van der Waals surface area contributed by atoms with E-state index in [0.29, 0.717) is 11.2 Å². The number of carboxylic acid groups (broad SMARTS) is 1. The quantitative estimate of drug-likeness (QED) is 0.456. The predicted octanol–water partition coefficient (Wildman–Crippen LogP) is 4.41. The Hall–Kier alpha value is -2.75. The molecular formula is C21H20N2O5S2. The van der Waals surface area contributed by atoms with Crippen molar-refractivity contribution in [2.75, 3.05) is 0 Å². The van der Waals surface area contributed by atoms with Crippen molar-refractivity contribution in [2.45, 2.75) is 31.7 Å². The van der Waals surface area contributed by atoms with Gasteiger partial charge in [-0.3, -0.25) is 4.79 Å². The van der Waals surface area contributed by atoms with Crippen LogP contribution in [0.15, 0.2) is 51.9 Å². The Morgan fingerprint density at radius 2 is 1.80 bits per heavy atom. The number of aryl methyl sites for hydroxylation is 1. The number of hydrogen-bond acceptors (Lipinski definition) is 6. The van der Waals surface area contributed by atoms with E-state index in [9.17, 15) is 18.3 Å². The molecular weight excluding hydrogens is 424 g/mol. The molecule has 0 spiro atoms. The maximum absolute atomic E-state index is 12.7. The fourth-order valence-electron chi connectivity index (χ4n) is 3.25. The Kier molecular flexibility index (Phi) is 5.13. The van der Waals surface area contributed by atoms with Gasteiger partial charge in [0.2, 0.25) is 10.0 Å². The second-order valence-electron chi connectivity index (χ2n) is 7.43. The first-order valence-electron chi connectivity index (χ1n) is 9.30. The van der Waals surface area contributed by atoms with Crippen LogP contribution >= 0.6 is 11.3 Å². The Morgan fingerprint density at radius 1 is 1.13 bits per heavy atom. The van der Waals surface area contributed by atoms with Gasteiger partial charge in [-0.1, -0.05) is 19.9 Å². The molecule has 0 aliphatic carbocycles. The minimum atomic E-state index is -4.03. The van der Waals surface area contributed by atoms with Crippen LogP contribution in [0.25, 0.3) is 32.5 Å². The topological polar surface area (TPSA) is 110 Å². The summed E-state index contributed by atoms with van der Waals surface area (Å²) in [4.78, 5) is 16.8. The Labute approximate surface area is 177 Å². The van der Waals surface area contributed by atoms with Crippen molar-refractivity contribution in [1.82, 2.24) is 9.71 Å². The van der Waals surface area contributed by atoms with Gasteiger partial charge >= 0.3 is 5.97 Å². The molecule has 0 radical (unpaired) electrons. The second kappa shape index (κ2) is 7.50. The second-order valence-corrected chi connectivity index (χ2v) is 10.4. The van der Waals surface area contributed by atoms with Crippen LogP contribution in [-0.4, -0.2) is 30.5 Å². The third-order valence-electron chi connectivity index (χ3n) is 4.84. The zero-order valence-electron chi connectivity index (χ0n) is 16.5. The average Bonchev–Trinajstić information content (AvgIpc) is 3.27. The minimum absolute atomic E-state index is 0.0447. The SMILES string of the molecule is Cc1cnc(-c2ccc3c(c2)oc2cc(S(=O)(=O)N[C@H](C(=O)O)C(C)C)ccc23)s1. The van der Waals surface area contributed by atoms with E-state index in [0.717, 1.165) is 26.2 Å². The Balaban J connectivity index is 1.75. The van der Waals surface area contributed by atoms with Crippen LogP contribution in [0.4, 0.5) is 0 Å². The third kappa shape index (κ3) is 3.71. The summed E-state index contributed by atoms with van der Waals surface area (Å²) >= 11 is 1.58. The molecule has 156 valence electrons. The van der Waals surface area contributed by atoms with Crippen molar-refractivity contribution in [2.24, 2.45) is 5.92 Å². The molecule has 2 aromatic heterocycles. The number of benzene rings is 2. The molecule has 0 bridgehead atoms. The molecule has 4 aromatic rings. The molecule has 1 atom stereocenters. The van der Waals surface area contributed by atoms with Gasteiger partial charge in [0.05, 0.1) is 4.90 Å². The molecule has 30 heavy (non-hydrogen) atoms. The molecule has 2 N–H and O–H groups in total. The van der Waals surface area contributed by atoms with Crippen LogP contribution in [0.3, 0.4) is 0 Å². The number of hydrogen-bond donors (Lipinski definition) is 2. The number of nitrogens with zero attached hydrogens (tertiary/aromatic N) is 1. The standard InChI is InChI=1S/C21H20N2O5S2/c1-11(2)19(21(24)25)23-30(26,27)14-5-7-16-15-6-4-13(20-22-10-12(3)29-20)8-17(15)28-18(16)9-14/h4-11,19,23H,1-3H3,(H,24,25)/t19-/m0/s1. The van der Waals surface area contributed by atoms with Crippen molar-refractivity contribution >= 4 is 49.3 Å². The number of fused-ring (bicyclic) bond motifs is 3. The van der Waals surface area contributed by atoms with Gasteiger partial charge < -0.3 is 9.52 Å². The molecule has 7 nitrogen and oxygen atoms in total. The largest absolute Gasteiger partial charge is 0.480 e. The lowest BCUT2D eigenvalue weighted by Crippen LogP contribution is -2.44. The maximum Gasteiger partial charge on any atom is 0.322 e. The Morgan fingerprint density at radius 3 is 2.40 bits per heavy atom. The van der Waals surface area contributed by atoms with Gasteiger partial charge in [0.1, 0.15) is 22.2 Å². The summed E-state index contributed by atoms with van der Waals surface area (Å²) < 4.78 is 33.6. The van der Waals surface area contributed by atoms with E-state index in [2.05, 4.69) is 9.71 Å². The zero-order valence-corrected chi connectivity index (χ0v) is 18.2. The van der Waals surface area contributed by atoms with Gasteiger partial charge in [0.25, 0.3) is 0 Å². The monoisotopic (exact) mass is 444 g/mol. The van der Waals surface area contributed by atoms with Gasteiger partial charge in [-0.25, -0.2) is 13.4 Å². The number of aromatic nitrogens is 1. The molecule has 4 rings (SSSR count). The molecule has 2 aromatic carbocycles. The number of aliphatic carboxylic acids is 1. The smallest absolute Gasteiger partial charge is 0.322 e. The van der Waals surface area contributed by atoms with E-state index >= 15 is 0 Å². The van der Waals surface area contributed by atoms with Crippen molar-refractivity contribution in [3.05, 3.63) is 47.5 Å². The highest BCUT2D eigenvalue weighted by atomic mass is 32.2. The first kappa shape index (κ1) is 20.5. The summed E-state index contributed by atoms with van der Waals surface area (Å²) in [5, 5.41) is 11.8. The molecule has 0 saturated carbocycles. The van der Waals surface area contributed by atoms with Crippen molar-refractivity contribution in [3.8, 4) is 10.6 Å². The van der Waals surface area contributed by atoms with E-state index in [1.54, 1.807) is 31.3 Å². The van der Waals surface area contributed by atoms with E-state index < -0.39 is 28.0 Å². The van der Waals surface area contributed by atoms with Crippen LogP contribution in [0.5, 0.6) is 0 Å². The van der Waals surface area contributed by atoms with Gasteiger partial charge in [-0.05, 0) is 37.1 Å². The fraction of sp³-hybridized carbons (Fsp3) is 0.238. The summed E-state index contributed by atoms with van der Waals surface area (Å²) in [5.41, 5.74) is 1.97. The van der Waals surface area contributed by atoms with Crippen LogP contribution in [0, 0.1) is 12.8 Å². The molecule has 0 unspecified atom stereocenters. The van der Waals surface area contributed by atoms with E-state index in [4.69, 9.17) is 4.42 Å². The number of carbonyl (C=O) groups is 1. The van der Waals surface area contributed by atoms with E-state index in [1.165, 1.54) is 12.1 Å². The van der Waals surface area contributed by atoms with Crippen LogP contribution in [0.1, 0.15) is 18.7 Å². The van der Waals surface area contributed by atoms with Crippen molar-refractivity contribution in [3.63, 3.8) is 0 Å². The summed E-state index contributed by atoms with van der Waals surface area (Å²) in [6.07, 6.45) is 1.81. The summed E-state index contributed by atoms with van der Waals surface area (Å²) in [7, 11) is -4.03. The van der Waals surface area contributed by atoms with Gasteiger partial charge in [0.15, 0.2) is 0 Å². The van der Waals surface area contributed by atoms with Crippen molar-refractivity contribution in [1.29, 1.82) is 0 Å². The highest BCUT2D eigenvalue weighted by molar-refractivity contribution is 7.89. The first-order chi connectivity index (χ1) is 14.2. The minimum Gasteiger partial charge on any atom is -0.480 e. The van der Waals surface area contributed by atoms with Crippen LogP contribution in [0.2, 0.25) is 0 Å². The number of thiazole rings is 1. The van der Waals surface area contributed by atoms with Crippen LogP contribution < -0.4 is 4.72 Å². The molecule has 0 amide bonds. The molecule has 9 heteroatoms. The van der Waals surface area contributed by atoms with Crippen LogP contribution in [-0.2, 0) is 14.8 Å². The summed E-state index contributed by atoms with van der Waals surface area (Å²) in [6, 6.07) is 9.11. The number of nitrogens with one attached hydrogen (secondary N) is 1. The summed E-state index contributed by atoms with van der Waals surface area (Å²) in [6.45, 7) is 5.28. The lowest BCUT2D eigenvalue weighted by atomic mass is 10.1. The molecule has 0 fully saturated rings.